The van der Waals surface area contributed by atoms with Gasteiger partial charge in [-0.2, -0.15) is 0 Å². The molecule has 11 heavy (non-hydrogen) atoms. The molecule has 2 N–H and O–H groups in total. The van der Waals surface area contributed by atoms with E-state index < -0.39 is 0 Å². The zero-order chi connectivity index (χ0) is 8.10. The summed E-state index contributed by atoms with van der Waals surface area (Å²) in [5.41, 5.74) is 5.41. The van der Waals surface area contributed by atoms with Crippen LogP contribution in [-0.4, -0.2) is 30.6 Å². The van der Waals surface area contributed by atoms with E-state index in [9.17, 15) is 0 Å². The third kappa shape index (κ3) is 2.80. The molecule has 0 spiro atoms. The topological polar surface area (TPSA) is 29.3 Å². The van der Waals surface area contributed by atoms with Crippen LogP contribution in [0.1, 0.15) is 32.6 Å². The molecule has 0 aromatic heterocycles. The molecule has 0 aromatic carbocycles. The van der Waals surface area contributed by atoms with E-state index >= 15 is 0 Å². The fourth-order valence-corrected chi connectivity index (χ4v) is 1.54. The average molecular weight is 156 g/mol. The molecule has 0 radical (unpaired) electrons. The summed E-state index contributed by atoms with van der Waals surface area (Å²) in [6.07, 6.45) is 5.24. The van der Waals surface area contributed by atoms with E-state index in [1.165, 1.54) is 38.8 Å². The molecule has 66 valence electrons. The molecule has 1 unspecified atom stereocenters. The van der Waals surface area contributed by atoms with Crippen LogP contribution >= 0.6 is 0 Å². The van der Waals surface area contributed by atoms with Crippen molar-refractivity contribution in [3.8, 4) is 0 Å². The Kier molecular flexibility index (Phi) is 3.87. The number of nitrogens with two attached hydrogens (primary N) is 1. The lowest BCUT2D eigenvalue weighted by Gasteiger charge is -2.38. The van der Waals surface area contributed by atoms with Crippen LogP contribution in [-0.2, 0) is 0 Å². The summed E-state index contributed by atoms with van der Waals surface area (Å²) in [7, 11) is 0. The number of rotatable bonds is 5. The molecule has 1 aliphatic rings. The van der Waals surface area contributed by atoms with Gasteiger partial charge in [0, 0.05) is 6.04 Å². The Bertz CT molecular complexity index is 104. The second-order valence-electron chi connectivity index (χ2n) is 3.52. The highest BCUT2D eigenvalue weighted by molar-refractivity contribution is 4.77. The summed E-state index contributed by atoms with van der Waals surface area (Å²) in [4.78, 5) is 2.55. The van der Waals surface area contributed by atoms with Gasteiger partial charge in [0.15, 0.2) is 0 Å². The molecule has 0 aliphatic carbocycles. The standard InChI is InChI=1S/C9H20N2/c1-9-5-8-11(9)7-4-2-3-6-10/h9H,2-8,10H2,1H3. The molecule has 1 aliphatic heterocycles. The molecule has 0 bridgehead atoms. The number of nitrogens with zero attached hydrogens (tertiary/aromatic N) is 1. The first-order valence-corrected chi connectivity index (χ1v) is 4.78. The van der Waals surface area contributed by atoms with Crippen molar-refractivity contribution < 1.29 is 0 Å². The first-order chi connectivity index (χ1) is 5.34. The average Bonchev–Trinajstić information content (AvgIpc) is 2.02. The van der Waals surface area contributed by atoms with Gasteiger partial charge in [0.1, 0.15) is 0 Å². The van der Waals surface area contributed by atoms with Crippen molar-refractivity contribution in [3.63, 3.8) is 0 Å². The van der Waals surface area contributed by atoms with Gasteiger partial charge < -0.3 is 10.6 Å². The molecule has 0 amide bonds. The van der Waals surface area contributed by atoms with E-state index in [1.54, 1.807) is 0 Å². The predicted octanol–water partition coefficient (Wildman–Crippen LogP) is 1.21. The summed E-state index contributed by atoms with van der Waals surface area (Å²) >= 11 is 0. The quantitative estimate of drug-likeness (QED) is 0.606. The van der Waals surface area contributed by atoms with Crippen LogP contribution in [0.25, 0.3) is 0 Å². The first kappa shape index (κ1) is 9.01. The van der Waals surface area contributed by atoms with Crippen molar-refractivity contribution in [2.24, 2.45) is 5.73 Å². The van der Waals surface area contributed by atoms with E-state index in [4.69, 9.17) is 5.73 Å². The zero-order valence-electron chi connectivity index (χ0n) is 7.55. The van der Waals surface area contributed by atoms with Crippen molar-refractivity contribution in [3.05, 3.63) is 0 Å². The summed E-state index contributed by atoms with van der Waals surface area (Å²) in [5.74, 6) is 0. The Morgan fingerprint density at radius 1 is 1.36 bits per heavy atom. The zero-order valence-corrected chi connectivity index (χ0v) is 7.55. The van der Waals surface area contributed by atoms with Crippen LogP contribution in [0.4, 0.5) is 0 Å². The number of likely N-dealkylation sites (tertiary alicyclic amines) is 1. The van der Waals surface area contributed by atoms with E-state index in [1.807, 2.05) is 0 Å². The van der Waals surface area contributed by atoms with Crippen LogP contribution in [0, 0.1) is 0 Å². The number of hydrogen-bond acceptors (Lipinski definition) is 2. The maximum atomic E-state index is 5.41. The normalized spacial score (nSPS) is 25.1. The largest absolute Gasteiger partial charge is 0.330 e. The predicted molar refractivity (Wildman–Crippen MR) is 48.6 cm³/mol. The van der Waals surface area contributed by atoms with Gasteiger partial charge in [-0.25, -0.2) is 0 Å². The molecule has 0 saturated carbocycles. The van der Waals surface area contributed by atoms with Crippen molar-refractivity contribution >= 4 is 0 Å². The van der Waals surface area contributed by atoms with Crippen LogP contribution in [0.3, 0.4) is 0 Å². The Balaban J connectivity index is 1.87. The second-order valence-corrected chi connectivity index (χ2v) is 3.52. The minimum absolute atomic E-state index is 0.855. The van der Waals surface area contributed by atoms with Crippen molar-refractivity contribution in [1.29, 1.82) is 0 Å². The Morgan fingerprint density at radius 2 is 2.18 bits per heavy atom. The lowest BCUT2D eigenvalue weighted by Crippen LogP contribution is -2.45. The maximum Gasteiger partial charge on any atom is 0.00791 e. The van der Waals surface area contributed by atoms with Crippen LogP contribution in [0.2, 0.25) is 0 Å². The van der Waals surface area contributed by atoms with Crippen molar-refractivity contribution in [1.82, 2.24) is 4.90 Å². The number of hydrogen-bond donors (Lipinski definition) is 1. The molecule has 1 atom stereocenters. The molecule has 1 fully saturated rings. The van der Waals surface area contributed by atoms with Crippen molar-refractivity contribution in [2.75, 3.05) is 19.6 Å². The van der Waals surface area contributed by atoms with E-state index in [0.717, 1.165) is 12.6 Å². The lowest BCUT2D eigenvalue weighted by molar-refractivity contribution is 0.102. The van der Waals surface area contributed by atoms with Gasteiger partial charge in [0.2, 0.25) is 0 Å². The monoisotopic (exact) mass is 156 g/mol. The molecule has 1 saturated heterocycles. The number of unbranched alkanes of at least 4 members (excludes halogenated alkanes) is 2. The highest BCUT2D eigenvalue weighted by Crippen LogP contribution is 2.16. The third-order valence-corrected chi connectivity index (χ3v) is 2.61. The van der Waals surface area contributed by atoms with Crippen LogP contribution in [0.5, 0.6) is 0 Å². The maximum absolute atomic E-state index is 5.41. The Labute approximate surface area is 69.8 Å². The third-order valence-electron chi connectivity index (χ3n) is 2.61. The van der Waals surface area contributed by atoms with Crippen LogP contribution < -0.4 is 5.73 Å². The van der Waals surface area contributed by atoms with Gasteiger partial charge >= 0.3 is 0 Å². The Hall–Kier alpha value is -0.0800. The summed E-state index contributed by atoms with van der Waals surface area (Å²) in [5, 5.41) is 0. The van der Waals surface area contributed by atoms with Crippen molar-refractivity contribution in [2.45, 2.75) is 38.6 Å². The first-order valence-electron chi connectivity index (χ1n) is 4.78. The van der Waals surface area contributed by atoms with E-state index in [-0.39, 0.29) is 0 Å². The van der Waals surface area contributed by atoms with E-state index in [2.05, 4.69) is 11.8 Å². The van der Waals surface area contributed by atoms with Gasteiger partial charge in [-0.3, -0.25) is 0 Å². The SMILES string of the molecule is CC1CCN1CCCCCN. The summed E-state index contributed by atoms with van der Waals surface area (Å²) in [6, 6.07) is 0.855. The molecule has 2 nitrogen and oxygen atoms in total. The minimum atomic E-state index is 0.855. The second kappa shape index (κ2) is 4.73. The molecule has 0 aromatic rings. The fourth-order valence-electron chi connectivity index (χ4n) is 1.54. The highest BCUT2D eigenvalue weighted by atomic mass is 15.2. The summed E-state index contributed by atoms with van der Waals surface area (Å²) in [6.45, 7) is 5.78. The molecule has 1 heterocycles. The van der Waals surface area contributed by atoms with Gasteiger partial charge in [0.05, 0.1) is 0 Å². The van der Waals surface area contributed by atoms with Crippen LogP contribution in [0.15, 0.2) is 0 Å². The summed E-state index contributed by atoms with van der Waals surface area (Å²) < 4.78 is 0. The Morgan fingerprint density at radius 3 is 2.64 bits per heavy atom. The molecule has 1 rings (SSSR count). The van der Waals surface area contributed by atoms with Gasteiger partial charge in [-0.1, -0.05) is 6.42 Å². The molecular weight excluding hydrogens is 136 g/mol. The van der Waals surface area contributed by atoms with E-state index in [0.29, 0.717) is 0 Å². The molecule has 2 heteroatoms. The smallest absolute Gasteiger partial charge is 0.00791 e. The molecular formula is C9H20N2. The van der Waals surface area contributed by atoms with Gasteiger partial charge in [0.25, 0.3) is 0 Å². The van der Waals surface area contributed by atoms with Gasteiger partial charge in [-0.15, -0.1) is 0 Å². The minimum Gasteiger partial charge on any atom is -0.330 e. The van der Waals surface area contributed by atoms with Gasteiger partial charge in [-0.05, 0) is 45.8 Å². The fraction of sp³-hybridized carbons (Fsp3) is 1.00. The lowest BCUT2D eigenvalue weighted by atomic mass is 10.0. The highest BCUT2D eigenvalue weighted by Gasteiger charge is 2.21.